The quantitative estimate of drug-likeness (QED) is 0.601. The van der Waals surface area contributed by atoms with Crippen molar-refractivity contribution < 1.29 is 9.84 Å². The summed E-state index contributed by atoms with van der Waals surface area (Å²) in [7, 11) is 0. The van der Waals surface area contributed by atoms with E-state index in [1.165, 1.54) is 6.20 Å². The molecular formula is C17H16BrCl2N5O2. The zero-order valence-electron chi connectivity index (χ0n) is 14.0. The SMILES string of the molecule is N#C[C@H]1CCOC[C@@H]1Nc1nc(Nc2cc(Cl)c(Br)c(CO)c2)ncc1Cl. The first kappa shape index (κ1) is 20.1. The number of anilines is 3. The Kier molecular flexibility index (Phi) is 6.73. The Morgan fingerprint density at radius 3 is 2.93 bits per heavy atom. The second kappa shape index (κ2) is 9.04. The normalized spacial score (nSPS) is 19.4. The molecule has 1 aliphatic rings. The van der Waals surface area contributed by atoms with Crippen molar-refractivity contribution in [1.82, 2.24) is 9.97 Å². The molecule has 2 atom stereocenters. The van der Waals surface area contributed by atoms with Crippen LogP contribution in [0.4, 0.5) is 17.5 Å². The van der Waals surface area contributed by atoms with Crippen molar-refractivity contribution in [2.75, 3.05) is 23.8 Å². The number of aromatic nitrogens is 2. The molecule has 0 amide bonds. The van der Waals surface area contributed by atoms with E-state index in [4.69, 9.17) is 27.9 Å². The van der Waals surface area contributed by atoms with Gasteiger partial charge in [-0.2, -0.15) is 10.2 Å². The van der Waals surface area contributed by atoms with Crippen LogP contribution in [-0.2, 0) is 11.3 Å². The lowest BCUT2D eigenvalue weighted by Gasteiger charge is -2.28. The van der Waals surface area contributed by atoms with Crippen LogP contribution in [0.25, 0.3) is 0 Å². The molecule has 0 radical (unpaired) electrons. The van der Waals surface area contributed by atoms with E-state index in [1.807, 2.05) is 0 Å². The Labute approximate surface area is 174 Å². The van der Waals surface area contributed by atoms with Crippen molar-refractivity contribution in [2.24, 2.45) is 5.92 Å². The van der Waals surface area contributed by atoms with Gasteiger partial charge >= 0.3 is 0 Å². The molecule has 7 nitrogen and oxygen atoms in total. The molecule has 3 rings (SSSR count). The van der Waals surface area contributed by atoms with E-state index < -0.39 is 0 Å². The molecule has 1 aromatic carbocycles. The molecule has 142 valence electrons. The maximum absolute atomic E-state index is 9.43. The number of ether oxygens (including phenoxy) is 1. The Balaban J connectivity index is 1.81. The van der Waals surface area contributed by atoms with E-state index in [0.717, 1.165) is 0 Å². The molecule has 0 unspecified atom stereocenters. The van der Waals surface area contributed by atoms with Gasteiger partial charge in [0.05, 0.1) is 42.5 Å². The average Bonchev–Trinajstić information content (AvgIpc) is 2.67. The molecule has 0 aliphatic carbocycles. The molecule has 1 saturated heterocycles. The summed E-state index contributed by atoms with van der Waals surface area (Å²) in [6.45, 7) is 0.809. The van der Waals surface area contributed by atoms with E-state index in [1.54, 1.807) is 12.1 Å². The third-order valence-electron chi connectivity index (χ3n) is 4.12. The van der Waals surface area contributed by atoms with Crippen molar-refractivity contribution in [1.29, 1.82) is 5.26 Å². The lowest BCUT2D eigenvalue weighted by atomic mass is 9.96. The number of nitrogens with zero attached hydrogens (tertiary/aromatic N) is 3. The zero-order chi connectivity index (χ0) is 19.4. The monoisotopic (exact) mass is 471 g/mol. The van der Waals surface area contributed by atoms with Gasteiger partial charge in [-0.3, -0.25) is 0 Å². The molecule has 0 saturated carbocycles. The number of rotatable bonds is 5. The number of hydrogen-bond donors (Lipinski definition) is 3. The highest BCUT2D eigenvalue weighted by Crippen LogP contribution is 2.32. The highest BCUT2D eigenvalue weighted by Gasteiger charge is 2.26. The van der Waals surface area contributed by atoms with Crippen molar-refractivity contribution in [3.05, 3.63) is 38.4 Å². The van der Waals surface area contributed by atoms with Crippen LogP contribution >= 0.6 is 39.1 Å². The standard InChI is InChI=1S/C17H16BrCl2N5O2/c18-15-10(7-26)3-11(4-12(15)19)23-17-22-6-13(20)16(25-17)24-14-8-27-2-1-9(14)5-21/h3-4,6,9,14,26H,1-2,7-8H2,(H2,22,23,24,25)/t9-,14+/m1/s1. The second-order valence-electron chi connectivity index (χ2n) is 5.95. The van der Waals surface area contributed by atoms with Crippen LogP contribution in [0, 0.1) is 17.2 Å². The molecule has 3 N–H and O–H groups in total. The fraction of sp³-hybridized carbons (Fsp3) is 0.353. The van der Waals surface area contributed by atoms with Gasteiger partial charge in [-0.05, 0) is 40.0 Å². The lowest BCUT2D eigenvalue weighted by molar-refractivity contribution is 0.0698. The van der Waals surface area contributed by atoms with Crippen LogP contribution in [0.2, 0.25) is 10.0 Å². The fourth-order valence-electron chi connectivity index (χ4n) is 2.70. The van der Waals surface area contributed by atoms with Gasteiger partial charge in [0, 0.05) is 16.8 Å². The topological polar surface area (TPSA) is 103 Å². The summed E-state index contributed by atoms with van der Waals surface area (Å²) in [6, 6.07) is 5.51. The summed E-state index contributed by atoms with van der Waals surface area (Å²) < 4.78 is 6.08. The molecule has 0 spiro atoms. The van der Waals surface area contributed by atoms with Gasteiger partial charge < -0.3 is 20.5 Å². The van der Waals surface area contributed by atoms with Crippen molar-refractivity contribution in [3.63, 3.8) is 0 Å². The molecule has 1 aromatic heterocycles. The molecular weight excluding hydrogens is 457 g/mol. The molecule has 27 heavy (non-hydrogen) atoms. The van der Waals surface area contributed by atoms with E-state index >= 15 is 0 Å². The van der Waals surface area contributed by atoms with Crippen LogP contribution < -0.4 is 10.6 Å². The highest BCUT2D eigenvalue weighted by atomic mass is 79.9. The molecule has 1 fully saturated rings. The first-order valence-electron chi connectivity index (χ1n) is 8.14. The third kappa shape index (κ3) is 4.81. The number of hydrogen-bond acceptors (Lipinski definition) is 7. The molecule has 1 aliphatic heterocycles. The van der Waals surface area contributed by atoms with Crippen LogP contribution in [0.1, 0.15) is 12.0 Å². The van der Waals surface area contributed by atoms with Gasteiger partial charge in [0.15, 0.2) is 5.82 Å². The Bertz CT molecular complexity index is 877. The maximum atomic E-state index is 9.43. The summed E-state index contributed by atoms with van der Waals surface area (Å²) in [5.74, 6) is 0.531. The van der Waals surface area contributed by atoms with Crippen LogP contribution in [0.15, 0.2) is 22.8 Å². The van der Waals surface area contributed by atoms with Crippen LogP contribution in [-0.4, -0.2) is 34.3 Å². The van der Waals surface area contributed by atoms with Gasteiger partial charge in [0.25, 0.3) is 0 Å². The molecule has 10 heteroatoms. The zero-order valence-corrected chi connectivity index (χ0v) is 17.1. The summed E-state index contributed by atoms with van der Waals surface area (Å²) in [5.41, 5.74) is 1.25. The summed E-state index contributed by atoms with van der Waals surface area (Å²) >= 11 is 15.7. The van der Waals surface area contributed by atoms with Crippen LogP contribution in [0.3, 0.4) is 0 Å². The first-order chi connectivity index (χ1) is 13.0. The minimum absolute atomic E-state index is 0.165. The van der Waals surface area contributed by atoms with Gasteiger partial charge in [0.2, 0.25) is 5.95 Å². The highest BCUT2D eigenvalue weighted by molar-refractivity contribution is 9.10. The van der Waals surface area contributed by atoms with E-state index in [-0.39, 0.29) is 18.6 Å². The number of nitriles is 1. The lowest BCUT2D eigenvalue weighted by Crippen LogP contribution is -2.38. The third-order valence-corrected chi connectivity index (χ3v) is 5.86. The van der Waals surface area contributed by atoms with Gasteiger partial charge in [-0.1, -0.05) is 23.2 Å². The van der Waals surface area contributed by atoms with E-state index in [9.17, 15) is 10.4 Å². The van der Waals surface area contributed by atoms with Gasteiger partial charge in [0.1, 0.15) is 5.02 Å². The Morgan fingerprint density at radius 2 is 2.19 bits per heavy atom. The van der Waals surface area contributed by atoms with Gasteiger partial charge in [-0.15, -0.1) is 0 Å². The average molecular weight is 473 g/mol. The fourth-order valence-corrected chi connectivity index (χ4v) is 3.44. The number of nitrogens with one attached hydrogen (secondary N) is 2. The number of benzene rings is 1. The number of aliphatic hydroxyl groups excluding tert-OH is 1. The second-order valence-corrected chi connectivity index (χ2v) is 7.56. The van der Waals surface area contributed by atoms with Crippen LogP contribution in [0.5, 0.6) is 0 Å². The summed E-state index contributed by atoms with van der Waals surface area (Å²) in [4.78, 5) is 8.56. The smallest absolute Gasteiger partial charge is 0.229 e. The van der Waals surface area contributed by atoms with Gasteiger partial charge in [-0.25, -0.2) is 4.98 Å². The van der Waals surface area contributed by atoms with E-state index in [2.05, 4.69) is 42.6 Å². The number of halogens is 3. The van der Waals surface area contributed by atoms with Crippen molar-refractivity contribution >= 4 is 56.6 Å². The number of aliphatic hydroxyl groups is 1. The minimum atomic E-state index is -0.202. The Hall–Kier alpha value is -1.63. The predicted octanol–water partition coefficient (Wildman–Crippen LogP) is 4.12. The summed E-state index contributed by atoms with van der Waals surface area (Å²) in [5, 5.41) is 25.7. The minimum Gasteiger partial charge on any atom is -0.392 e. The first-order valence-corrected chi connectivity index (χ1v) is 9.69. The van der Waals surface area contributed by atoms with E-state index in [0.29, 0.717) is 57.2 Å². The maximum Gasteiger partial charge on any atom is 0.229 e. The predicted molar refractivity (Wildman–Crippen MR) is 107 cm³/mol. The molecule has 2 heterocycles. The van der Waals surface area contributed by atoms with Crippen molar-refractivity contribution in [3.8, 4) is 6.07 Å². The molecule has 2 aromatic rings. The summed E-state index contributed by atoms with van der Waals surface area (Å²) in [6.07, 6.45) is 2.13. The van der Waals surface area contributed by atoms with Crippen molar-refractivity contribution in [2.45, 2.75) is 19.1 Å². The molecule has 0 bridgehead atoms. The largest absolute Gasteiger partial charge is 0.392 e. The Morgan fingerprint density at radius 1 is 1.37 bits per heavy atom.